The van der Waals surface area contributed by atoms with Crippen LogP contribution in [0.15, 0.2) is 23.1 Å². The van der Waals surface area contributed by atoms with E-state index in [2.05, 4.69) is 5.32 Å². The molecule has 0 aliphatic rings. The van der Waals surface area contributed by atoms with Gasteiger partial charge in [-0.2, -0.15) is 0 Å². The fourth-order valence-corrected chi connectivity index (χ4v) is 2.20. The SMILES string of the molecule is COC(C)C(=O)Nc1cccc(S(N)(=O)=O)c1C. The van der Waals surface area contributed by atoms with Gasteiger partial charge in [-0.1, -0.05) is 6.07 Å². The van der Waals surface area contributed by atoms with Gasteiger partial charge in [0, 0.05) is 12.8 Å². The summed E-state index contributed by atoms with van der Waals surface area (Å²) in [6.45, 7) is 3.17. The van der Waals surface area contributed by atoms with Crippen LogP contribution in [0.1, 0.15) is 12.5 Å². The Bertz CT molecular complexity index is 554. The first-order valence-electron chi connectivity index (χ1n) is 5.23. The van der Waals surface area contributed by atoms with Crippen molar-refractivity contribution >= 4 is 21.6 Å². The molecule has 18 heavy (non-hydrogen) atoms. The smallest absolute Gasteiger partial charge is 0.253 e. The molecule has 1 unspecified atom stereocenters. The van der Waals surface area contributed by atoms with E-state index in [0.717, 1.165) is 0 Å². The number of carbonyl (C=O) groups excluding carboxylic acids is 1. The van der Waals surface area contributed by atoms with Crippen molar-refractivity contribution in [3.63, 3.8) is 0 Å². The van der Waals surface area contributed by atoms with E-state index in [4.69, 9.17) is 9.88 Å². The number of amides is 1. The molecular weight excluding hydrogens is 256 g/mol. The van der Waals surface area contributed by atoms with Crippen molar-refractivity contribution in [2.45, 2.75) is 24.8 Å². The molecule has 1 aromatic rings. The van der Waals surface area contributed by atoms with Crippen LogP contribution < -0.4 is 10.5 Å². The zero-order chi connectivity index (χ0) is 13.9. The van der Waals surface area contributed by atoms with Gasteiger partial charge < -0.3 is 10.1 Å². The van der Waals surface area contributed by atoms with E-state index in [1.54, 1.807) is 19.9 Å². The minimum Gasteiger partial charge on any atom is -0.372 e. The number of rotatable bonds is 4. The molecule has 0 saturated heterocycles. The second-order valence-electron chi connectivity index (χ2n) is 3.84. The minimum absolute atomic E-state index is 0.00892. The van der Waals surface area contributed by atoms with Crippen LogP contribution in [0.3, 0.4) is 0 Å². The Labute approximate surface area is 106 Å². The van der Waals surface area contributed by atoms with Gasteiger partial charge in [0.2, 0.25) is 10.0 Å². The highest BCUT2D eigenvalue weighted by molar-refractivity contribution is 7.89. The van der Waals surface area contributed by atoms with E-state index in [-0.39, 0.29) is 10.8 Å². The summed E-state index contributed by atoms with van der Waals surface area (Å²) in [5.41, 5.74) is 0.798. The lowest BCUT2D eigenvalue weighted by Crippen LogP contribution is -2.27. The number of ether oxygens (including phenoxy) is 1. The third-order valence-electron chi connectivity index (χ3n) is 2.57. The number of nitrogens with one attached hydrogen (secondary N) is 1. The van der Waals surface area contributed by atoms with E-state index in [9.17, 15) is 13.2 Å². The summed E-state index contributed by atoms with van der Waals surface area (Å²) in [7, 11) is -2.39. The van der Waals surface area contributed by atoms with Crippen LogP contribution in [-0.4, -0.2) is 27.5 Å². The second kappa shape index (κ2) is 5.47. The molecule has 0 heterocycles. The Morgan fingerprint density at radius 3 is 2.56 bits per heavy atom. The van der Waals surface area contributed by atoms with Crippen molar-refractivity contribution < 1.29 is 17.9 Å². The number of sulfonamides is 1. The summed E-state index contributed by atoms with van der Waals surface area (Å²) in [4.78, 5) is 11.6. The minimum atomic E-state index is -3.80. The molecule has 0 aliphatic carbocycles. The molecule has 0 fully saturated rings. The number of hydrogen-bond donors (Lipinski definition) is 2. The number of nitrogens with two attached hydrogens (primary N) is 1. The first-order chi connectivity index (χ1) is 8.27. The van der Waals surface area contributed by atoms with E-state index >= 15 is 0 Å². The quantitative estimate of drug-likeness (QED) is 0.839. The lowest BCUT2D eigenvalue weighted by Gasteiger charge is -2.14. The summed E-state index contributed by atoms with van der Waals surface area (Å²) in [5.74, 6) is -0.354. The van der Waals surface area contributed by atoms with Crippen molar-refractivity contribution in [3.05, 3.63) is 23.8 Å². The summed E-state index contributed by atoms with van der Waals surface area (Å²) >= 11 is 0. The summed E-state index contributed by atoms with van der Waals surface area (Å²) < 4.78 is 27.5. The van der Waals surface area contributed by atoms with Gasteiger partial charge in [0.25, 0.3) is 5.91 Å². The number of primary sulfonamides is 1. The molecule has 1 aromatic carbocycles. The molecule has 7 heteroatoms. The van der Waals surface area contributed by atoms with Gasteiger partial charge in [0.05, 0.1) is 4.90 Å². The molecule has 6 nitrogen and oxygen atoms in total. The molecule has 0 bridgehead atoms. The maximum atomic E-state index is 11.6. The lowest BCUT2D eigenvalue weighted by atomic mass is 10.2. The van der Waals surface area contributed by atoms with Crippen LogP contribution in [0.25, 0.3) is 0 Å². The molecule has 0 radical (unpaired) electrons. The lowest BCUT2D eigenvalue weighted by molar-refractivity contribution is -0.124. The van der Waals surface area contributed by atoms with Crippen LogP contribution in [0.4, 0.5) is 5.69 Å². The van der Waals surface area contributed by atoms with E-state index in [1.165, 1.54) is 19.2 Å². The second-order valence-corrected chi connectivity index (χ2v) is 5.37. The molecule has 3 N–H and O–H groups in total. The van der Waals surface area contributed by atoms with Crippen molar-refractivity contribution in [3.8, 4) is 0 Å². The molecule has 0 saturated carbocycles. The Balaban J connectivity index is 3.10. The van der Waals surface area contributed by atoms with Gasteiger partial charge >= 0.3 is 0 Å². The summed E-state index contributed by atoms with van der Waals surface area (Å²) in [5, 5.41) is 7.67. The van der Waals surface area contributed by atoms with Gasteiger partial charge in [0.15, 0.2) is 0 Å². The fourth-order valence-electron chi connectivity index (χ4n) is 1.40. The maximum absolute atomic E-state index is 11.6. The van der Waals surface area contributed by atoms with E-state index in [1.807, 2.05) is 0 Å². The molecule has 100 valence electrons. The first kappa shape index (κ1) is 14.6. The highest BCUT2D eigenvalue weighted by Gasteiger charge is 2.17. The van der Waals surface area contributed by atoms with Crippen molar-refractivity contribution in [2.24, 2.45) is 5.14 Å². The van der Waals surface area contributed by atoms with Crippen molar-refractivity contribution in [2.75, 3.05) is 12.4 Å². The predicted molar refractivity (Wildman–Crippen MR) is 67.7 cm³/mol. The topological polar surface area (TPSA) is 98.5 Å². The summed E-state index contributed by atoms with van der Waals surface area (Å²) in [6.07, 6.45) is -0.623. The van der Waals surface area contributed by atoms with Gasteiger partial charge in [0.1, 0.15) is 6.10 Å². The Kier molecular flexibility index (Phi) is 4.44. The number of hydrogen-bond acceptors (Lipinski definition) is 4. The summed E-state index contributed by atoms with van der Waals surface area (Å²) in [6, 6.07) is 4.50. The van der Waals surface area contributed by atoms with E-state index in [0.29, 0.717) is 11.3 Å². The Hall–Kier alpha value is -1.44. The Morgan fingerprint density at radius 2 is 2.06 bits per heavy atom. The van der Waals surface area contributed by atoms with Gasteiger partial charge in [-0.3, -0.25) is 4.79 Å². The third-order valence-corrected chi connectivity index (χ3v) is 3.63. The molecular formula is C11H16N2O4S. The molecule has 1 rings (SSSR count). The highest BCUT2D eigenvalue weighted by atomic mass is 32.2. The molecule has 0 spiro atoms. The average molecular weight is 272 g/mol. The van der Waals surface area contributed by atoms with Crippen LogP contribution in [0.5, 0.6) is 0 Å². The van der Waals surface area contributed by atoms with Crippen LogP contribution in [0, 0.1) is 6.92 Å². The van der Waals surface area contributed by atoms with Crippen LogP contribution in [-0.2, 0) is 19.6 Å². The number of carbonyl (C=O) groups is 1. The zero-order valence-electron chi connectivity index (χ0n) is 10.4. The molecule has 0 aromatic heterocycles. The number of methoxy groups -OCH3 is 1. The molecule has 0 aliphatic heterocycles. The van der Waals surface area contributed by atoms with Gasteiger partial charge in [-0.15, -0.1) is 0 Å². The van der Waals surface area contributed by atoms with Crippen molar-refractivity contribution in [1.82, 2.24) is 0 Å². The Morgan fingerprint density at radius 1 is 1.44 bits per heavy atom. The third kappa shape index (κ3) is 3.28. The predicted octanol–water partition coefficient (Wildman–Crippen LogP) is 0.616. The van der Waals surface area contributed by atoms with Gasteiger partial charge in [-0.25, -0.2) is 13.6 Å². The maximum Gasteiger partial charge on any atom is 0.253 e. The van der Waals surface area contributed by atoms with E-state index < -0.39 is 16.1 Å². The number of anilines is 1. The monoisotopic (exact) mass is 272 g/mol. The normalized spacial score (nSPS) is 13.1. The highest BCUT2D eigenvalue weighted by Crippen LogP contribution is 2.22. The largest absolute Gasteiger partial charge is 0.372 e. The van der Waals surface area contributed by atoms with Crippen LogP contribution >= 0.6 is 0 Å². The standard InChI is InChI=1S/C11H16N2O4S/c1-7-9(13-11(14)8(2)17-3)5-4-6-10(7)18(12,15)16/h4-6,8H,1-3H3,(H,13,14)(H2,12,15,16). The molecule has 1 amide bonds. The molecule has 1 atom stereocenters. The average Bonchev–Trinajstić information content (AvgIpc) is 2.29. The van der Waals surface area contributed by atoms with Gasteiger partial charge in [-0.05, 0) is 31.5 Å². The zero-order valence-corrected chi connectivity index (χ0v) is 11.2. The van der Waals surface area contributed by atoms with Crippen LogP contribution in [0.2, 0.25) is 0 Å². The van der Waals surface area contributed by atoms with Crippen molar-refractivity contribution in [1.29, 1.82) is 0 Å². The number of benzene rings is 1. The fraction of sp³-hybridized carbons (Fsp3) is 0.364. The first-order valence-corrected chi connectivity index (χ1v) is 6.78.